The van der Waals surface area contributed by atoms with E-state index in [1.807, 2.05) is 48.5 Å². The van der Waals surface area contributed by atoms with Crippen molar-refractivity contribution in [2.75, 3.05) is 16.0 Å². The maximum absolute atomic E-state index is 13.2. The zero-order valence-corrected chi connectivity index (χ0v) is 19.5. The number of imide groups is 1. The van der Waals surface area contributed by atoms with Crippen molar-refractivity contribution in [3.05, 3.63) is 101 Å². The van der Waals surface area contributed by atoms with Crippen LogP contribution in [-0.2, 0) is 4.79 Å². The molecule has 0 bridgehead atoms. The molecule has 1 aliphatic heterocycles. The van der Waals surface area contributed by atoms with E-state index in [0.29, 0.717) is 45.1 Å². The minimum atomic E-state index is -0.356. The van der Waals surface area contributed by atoms with E-state index in [1.165, 1.54) is 4.90 Å². The van der Waals surface area contributed by atoms with Crippen LogP contribution in [0.15, 0.2) is 89.8 Å². The van der Waals surface area contributed by atoms with Gasteiger partial charge in [-0.3, -0.25) is 14.4 Å². The van der Waals surface area contributed by atoms with Gasteiger partial charge in [0.25, 0.3) is 11.8 Å². The molecule has 0 saturated carbocycles. The van der Waals surface area contributed by atoms with Crippen molar-refractivity contribution < 1.29 is 14.4 Å². The summed E-state index contributed by atoms with van der Waals surface area (Å²) >= 11 is 7.47. The van der Waals surface area contributed by atoms with Gasteiger partial charge in [0.05, 0.1) is 5.69 Å². The van der Waals surface area contributed by atoms with Crippen molar-refractivity contribution in [2.45, 2.75) is 11.3 Å². The van der Waals surface area contributed by atoms with Gasteiger partial charge in [0, 0.05) is 44.3 Å². The van der Waals surface area contributed by atoms with E-state index in [0.717, 1.165) is 10.3 Å². The lowest BCUT2D eigenvalue weighted by molar-refractivity contribution is -0.115. The second-order valence-corrected chi connectivity index (χ2v) is 9.41. The Morgan fingerprint density at radius 2 is 1.44 bits per heavy atom. The maximum atomic E-state index is 13.2. The molecule has 0 spiro atoms. The summed E-state index contributed by atoms with van der Waals surface area (Å²) in [6, 6.07) is 25.1. The van der Waals surface area contributed by atoms with Crippen LogP contribution in [0.4, 0.5) is 11.4 Å². The first-order valence-corrected chi connectivity index (χ1v) is 12.1. The van der Waals surface area contributed by atoms with Gasteiger partial charge in [0.1, 0.15) is 0 Å². The molecule has 168 valence electrons. The average Bonchev–Trinajstić information content (AvgIpc) is 2.85. The predicted molar refractivity (Wildman–Crippen MR) is 137 cm³/mol. The second kappa shape index (κ2) is 9.33. The van der Waals surface area contributed by atoms with E-state index in [-0.39, 0.29) is 17.7 Å². The number of hydrogen-bond donors (Lipinski definition) is 1. The fourth-order valence-electron chi connectivity index (χ4n) is 3.97. The molecule has 0 aliphatic carbocycles. The summed E-state index contributed by atoms with van der Waals surface area (Å²) in [5.74, 6) is -0.191. The van der Waals surface area contributed by atoms with Crippen LogP contribution in [0.3, 0.4) is 0 Å². The number of carbonyl (C=O) groups is 3. The number of anilines is 2. The molecule has 0 radical (unpaired) electrons. The highest BCUT2D eigenvalue weighted by atomic mass is 35.5. The molecular weight excluding hydrogens is 468 g/mol. The summed E-state index contributed by atoms with van der Waals surface area (Å²) in [5, 5.41) is 5.10. The molecule has 0 saturated heterocycles. The molecule has 0 atom stereocenters. The van der Waals surface area contributed by atoms with Crippen LogP contribution in [0.1, 0.15) is 27.1 Å². The number of nitrogens with one attached hydrogen (secondary N) is 1. The Morgan fingerprint density at radius 3 is 2.06 bits per heavy atom. The molecule has 4 aromatic carbocycles. The molecule has 4 aromatic rings. The molecular formula is C27H19ClN2O3S. The fourth-order valence-corrected chi connectivity index (χ4v) is 4.95. The normalized spacial score (nSPS) is 12.8. The predicted octanol–water partition coefficient (Wildman–Crippen LogP) is 6.41. The molecule has 5 nitrogen and oxygen atoms in total. The zero-order valence-electron chi connectivity index (χ0n) is 18.0. The van der Waals surface area contributed by atoms with Crippen LogP contribution >= 0.6 is 23.4 Å². The van der Waals surface area contributed by atoms with Gasteiger partial charge in [-0.1, -0.05) is 35.9 Å². The van der Waals surface area contributed by atoms with Gasteiger partial charge in [0.2, 0.25) is 5.91 Å². The standard InChI is InChI=1S/C27H19ClN2O3S/c28-18-7-13-21(14-8-18)34-16-15-24(31)29-19-9-11-20(12-10-19)30-26(32)22-5-1-3-17-4-2-6-23(25(17)22)27(30)33/h1-14H,15-16H2,(H,29,31). The number of rotatable bonds is 6. The minimum absolute atomic E-state index is 0.111. The summed E-state index contributed by atoms with van der Waals surface area (Å²) in [5.41, 5.74) is 2.06. The average molecular weight is 487 g/mol. The summed E-state index contributed by atoms with van der Waals surface area (Å²) in [4.78, 5) is 40.9. The molecule has 1 N–H and O–H groups in total. The van der Waals surface area contributed by atoms with Crippen molar-refractivity contribution in [3.8, 4) is 0 Å². The molecule has 7 heteroatoms. The lowest BCUT2D eigenvalue weighted by Gasteiger charge is -2.27. The summed E-state index contributed by atoms with van der Waals surface area (Å²) in [6.45, 7) is 0. The third-order valence-corrected chi connectivity index (χ3v) is 6.86. The first-order chi connectivity index (χ1) is 16.5. The first-order valence-electron chi connectivity index (χ1n) is 10.7. The van der Waals surface area contributed by atoms with Gasteiger partial charge >= 0.3 is 0 Å². The highest BCUT2D eigenvalue weighted by Gasteiger charge is 2.33. The third kappa shape index (κ3) is 4.30. The van der Waals surface area contributed by atoms with Crippen LogP contribution in [0, 0.1) is 0 Å². The number of benzene rings is 4. The van der Waals surface area contributed by atoms with Crippen molar-refractivity contribution in [3.63, 3.8) is 0 Å². The number of thioether (sulfide) groups is 1. The summed E-state index contributed by atoms with van der Waals surface area (Å²) < 4.78 is 0. The molecule has 0 unspecified atom stereocenters. The van der Waals surface area contributed by atoms with Crippen molar-refractivity contribution in [2.24, 2.45) is 0 Å². The van der Waals surface area contributed by atoms with E-state index in [4.69, 9.17) is 11.6 Å². The van der Waals surface area contributed by atoms with Gasteiger partial charge in [0.15, 0.2) is 0 Å². The van der Waals surface area contributed by atoms with E-state index in [9.17, 15) is 14.4 Å². The van der Waals surface area contributed by atoms with Crippen LogP contribution < -0.4 is 10.2 Å². The smallest absolute Gasteiger partial charge is 0.265 e. The number of halogens is 1. The molecule has 0 fully saturated rings. The third-order valence-electron chi connectivity index (χ3n) is 5.59. The van der Waals surface area contributed by atoms with Gasteiger partial charge in [-0.15, -0.1) is 11.8 Å². The van der Waals surface area contributed by atoms with Gasteiger partial charge in [-0.2, -0.15) is 0 Å². The number of nitrogens with zero attached hydrogens (tertiary/aromatic N) is 1. The Labute approximate surface area is 205 Å². The van der Waals surface area contributed by atoms with Crippen molar-refractivity contribution in [1.82, 2.24) is 0 Å². The zero-order chi connectivity index (χ0) is 23.7. The van der Waals surface area contributed by atoms with Crippen molar-refractivity contribution in [1.29, 1.82) is 0 Å². The van der Waals surface area contributed by atoms with Gasteiger partial charge in [-0.05, 0) is 66.0 Å². The lowest BCUT2D eigenvalue weighted by atomic mass is 9.94. The highest BCUT2D eigenvalue weighted by Crippen LogP contribution is 2.33. The Morgan fingerprint density at radius 1 is 0.824 bits per heavy atom. The van der Waals surface area contributed by atoms with Crippen LogP contribution in [0.2, 0.25) is 5.02 Å². The Balaban J connectivity index is 1.26. The van der Waals surface area contributed by atoms with Crippen LogP contribution in [0.5, 0.6) is 0 Å². The highest BCUT2D eigenvalue weighted by molar-refractivity contribution is 7.99. The summed E-state index contributed by atoms with van der Waals surface area (Å²) in [7, 11) is 0. The molecule has 34 heavy (non-hydrogen) atoms. The molecule has 1 heterocycles. The molecule has 0 aromatic heterocycles. The lowest BCUT2D eigenvalue weighted by Crippen LogP contribution is -2.40. The van der Waals surface area contributed by atoms with E-state index in [1.54, 1.807) is 48.2 Å². The number of hydrogen-bond acceptors (Lipinski definition) is 4. The fraction of sp³-hybridized carbons (Fsp3) is 0.0741. The van der Waals surface area contributed by atoms with Crippen LogP contribution in [0.25, 0.3) is 10.8 Å². The largest absolute Gasteiger partial charge is 0.326 e. The van der Waals surface area contributed by atoms with Crippen LogP contribution in [-0.4, -0.2) is 23.5 Å². The maximum Gasteiger partial charge on any atom is 0.265 e. The number of carbonyl (C=O) groups excluding carboxylic acids is 3. The summed E-state index contributed by atoms with van der Waals surface area (Å²) in [6.07, 6.45) is 0.346. The van der Waals surface area contributed by atoms with Gasteiger partial charge in [-0.25, -0.2) is 4.90 Å². The molecule has 5 rings (SSSR count). The van der Waals surface area contributed by atoms with E-state index in [2.05, 4.69) is 5.32 Å². The Hall–Kier alpha value is -3.61. The quantitative estimate of drug-likeness (QED) is 0.252. The number of amides is 3. The topological polar surface area (TPSA) is 66.5 Å². The monoisotopic (exact) mass is 486 g/mol. The van der Waals surface area contributed by atoms with E-state index >= 15 is 0 Å². The molecule has 1 aliphatic rings. The second-order valence-electron chi connectivity index (χ2n) is 7.80. The van der Waals surface area contributed by atoms with Gasteiger partial charge < -0.3 is 5.32 Å². The Kier molecular flexibility index (Phi) is 6.09. The SMILES string of the molecule is O=C(CCSc1ccc(Cl)cc1)Nc1ccc(N2C(=O)c3cccc4cccc(c34)C2=O)cc1. The van der Waals surface area contributed by atoms with E-state index < -0.39 is 0 Å². The molecule has 3 amide bonds. The van der Waals surface area contributed by atoms with Crippen molar-refractivity contribution >= 4 is 63.2 Å². The Bertz CT molecular complexity index is 1370. The minimum Gasteiger partial charge on any atom is -0.326 e. The first kappa shape index (κ1) is 22.2.